The van der Waals surface area contributed by atoms with Crippen LogP contribution in [0.5, 0.6) is 0 Å². The van der Waals surface area contributed by atoms with Crippen LogP contribution >= 0.6 is 0 Å². The van der Waals surface area contributed by atoms with E-state index in [0.29, 0.717) is 0 Å². The van der Waals surface area contributed by atoms with E-state index < -0.39 is 10.0 Å². The fourth-order valence-corrected chi connectivity index (χ4v) is 3.71. The summed E-state index contributed by atoms with van der Waals surface area (Å²) in [6.45, 7) is 1.89. The largest absolute Gasteiger partial charge is 0.337 e. The Morgan fingerprint density at radius 3 is 2.23 bits per heavy atom. The Labute approximate surface area is 176 Å². The molecule has 2 aromatic heterocycles. The van der Waals surface area contributed by atoms with Gasteiger partial charge in [-0.1, -0.05) is 54.6 Å². The van der Waals surface area contributed by atoms with E-state index >= 15 is 0 Å². The molecule has 0 unspecified atom stereocenters. The van der Waals surface area contributed by atoms with Crippen LogP contribution in [0.1, 0.15) is 12.5 Å². The lowest BCUT2D eigenvalue weighted by Crippen LogP contribution is -2.24. The Bertz CT molecular complexity index is 1220. The van der Waals surface area contributed by atoms with Crippen molar-refractivity contribution in [3.63, 3.8) is 0 Å². The first kappa shape index (κ1) is 20.0. The van der Waals surface area contributed by atoms with Gasteiger partial charge in [-0.05, 0) is 24.6 Å². The number of hydrogen-bond donors (Lipinski definition) is 2. The fraction of sp³-hybridized carbons (Fsp3) is 0.130. The number of aromatic nitrogens is 3. The Morgan fingerprint density at radius 1 is 0.867 bits per heavy atom. The zero-order chi connectivity index (χ0) is 21.0. The van der Waals surface area contributed by atoms with E-state index in [1.54, 1.807) is 19.3 Å². The number of aromatic amines is 1. The molecule has 7 heteroatoms. The molecular formula is C23H22N4O2S. The van der Waals surface area contributed by atoms with E-state index in [9.17, 15) is 8.42 Å². The Kier molecular flexibility index (Phi) is 5.74. The van der Waals surface area contributed by atoms with Gasteiger partial charge in [-0.25, -0.2) is 18.1 Å². The Hall–Kier alpha value is -3.29. The molecule has 0 radical (unpaired) electrons. The van der Waals surface area contributed by atoms with Crippen LogP contribution in [0.2, 0.25) is 0 Å². The number of H-pyrrole nitrogens is 1. The van der Waals surface area contributed by atoms with E-state index in [4.69, 9.17) is 4.98 Å². The van der Waals surface area contributed by atoms with Crippen molar-refractivity contribution in [2.24, 2.45) is 0 Å². The van der Waals surface area contributed by atoms with Crippen molar-refractivity contribution in [2.45, 2.75) is 13.5 Å². The number of rotatable bonds is 7. The summed E-state index contributed by atoms with van der Waals surface area (Å²) in [4.78, 5) is 12.4. The molecule has 0 bridgehead atoms. The molecule has 30 heavy (non-hydrogen) atoms. The smallest absolute Gasteiger partial charge is 0.211 e. The lowest BCUT2D eigenvalue weighted by molar-refractivity contribution is 0.582. The molecule has 0 aliphatic heterocycles. The zero-order valence-electron chi connectivity index (χ0n) is 16.5. The van der Waals surface area contributed by atoms with Crippen LogP contribution in [0.25, 0.3) is 33.9 Å². The number of pyridine rings is 1. The molecular weight excluding hydrogens is 396 g/mol. The molecule has 0 spiro atoms. The third-order valence-electron chi connectivity index (χ3n) is 4.82. The van der Waals surface area contributed by atoms with Gasteiger partial charge in [0.25, 0.3) is 0 Å². The molecule has 0 aliphatic rings. The average molecular weight is 419 g/mol. The first-order valence-corrected chi connectivity index (χ1v) is 11.3. The highest BCUT2D eigenvalue weighted by atomic mass is 32.2. The molecule has 2 N–H and O–H groups in total. The molecule has 0 aliphatic carbocycles. The van der Waals surface area contributed by atoms with Gasteiger partial charge in [-0.15, -0.1) is 0 Å². The van der Waals surface area contributed by atoms with Gasteiger partial charge in [-0.2, -0.15) is 0 Å². The minimum Gasteiger partial charge on any atom is -0.337 e. The lowest BCUT2D eigenvalue weighted by Gasteiger charge is -2.07. The summed E-state index contributed by atoms with van der Waals surface area (Å²) in [5, 5.41) is 0. The third-order valence-corrected chi connectivity index (χ3v) is 6.17. The summed E-state index contributed by atoms with van der Waals surface area (Å²) in [7, 11) is -3.22. The Morgan fingerprint density at radius 2 is 1.57 bits per heavy atom. The van der Waals surface area contributed by atoms with Crippen molar-refractivity contribution >= 4 is 10.0 Å². The summed E-state index contributed by atoms with van der Waals surface area (Å²) in [6.07, 6.45) is 3.50. The normalized spacial score (nSPS) is 11.5. The summed E-state index contributed by atoms with van der Waals surface area (Å²) in [5.74, 6) is 0.855. The van der Waals surface area contributed by atoms with E-state index in [2.05, 4.69) is 14.7 Å². The maximum atomic E-state index is 11.7. The Balaban J connectivity index is 1.70. The predicted octanol–water partition coefficient (Wildman–Crippen LogP) is 4.25. The van der Waals surface area contributed by atoms with Gasteiger partial charge in [0.05, 0.1) is 17.1 Å². The highest BCUT2D eigenvalue weighted by Gasteiger charge is 2.15. The standard InChI is InChI=1S/C23H22N4O2S/c1-2-30(28,29)25-16-17-8-10-18(11-9-17)21-22(19-12-14-24-15-13-19)27-23(26-21)20-6-4-3-5-7-20/h3-15,25H,2,16H2,1H3,(H,26,27). The van der Waals surface area contributed by atoms with Gasteiger partial charge in [-0.3, -0.25) is 4.98 Å². The molecule has 0 amide bonds. The third kappa shape index (κ3) is 4.48. The van der Waals surface area contributed by atoms with Crippen LogP contribution in [-0.4, -0.2) is 29.1 Å². The van der Waals surface area contributed by atoms with Crippen LogP contribution in [0, 0.1) is 0 Å². The molecule has 2 heterocycles. The van der Waals surface area contributed by atoms with Crippen molar-refractivity contribution < 1.29 is 8.42 Å². The average Bonchev–Trinajstić information content (AvgIpc) is 3.25. The number of imidazole rings is 1. The van der Waals surface area contributed by atoms with Gasteiger partial charge in [0, 0.05) is 35.6 Å². The molecule has 2 aromatic carbocycles. The van der Waals surface area contributed by atoms with Gasteiger partial charge < -0.3 is 4.98 Å². The molecule has 0 saturated heterocycles. The van der Waals surface area contributed by atoms with Gasteiger partial charge in [0.2, 0.25) is 10.0 Å². The van der Waals surface area contributed by atoms with Crippen LogP contribution in [0.3, 0.4) is 0 Å². The highest BCUT2D eigenvalue weighted by molar-refractivity contribution is 7.89. The second-order valence-corrected chi connectivity index (χ2v) is 8.93. The molecule has 152 valence electrons. The van der Waals surface area contributed by atoms with E-state index in [-0.39, 0.29) is 12.3 Å². The zero-order valence-corrected chi connectivity index (χ0v) is 17.4. The summed E-state index contributed by atoms with van der Waals surface area (Å²) >= 11 is 0. The van der Waals surface area contributed by atoms with Crippen molar-refractivity contribution in [1.29, 1.82) is 0 Å². The van der Waals surface area contributed by atoms with Crippen molar-refractivity contribution in [3.8, 4) is 33.9 Å². The van der Waals surface area contributed by atoms with Crippen molar-refractivity contribution in [1.82, 2.24) is 19.7 Å². The number of hydrogen-bond acceptors (Lipinski definition) is 4. The first-order chi connectivity index (χ1) is 14.6. The summed E-state index contributed by atoms with van der Waals surface area (Å²) < 4.78 is 25.9. The van der Waals surface area contributed by atoms with Crippen LogP contribution in [0.15, 0.2) is 79.1 Å². The van der Waals surface area contributed by atoms with Gasteiger partial charge in [0.15, 0.2) is 0 Å². The van der Waals surface area contributed by atoms with Crippen LogP contribution in [0.4, 0.5) is 0 Å². The maximum Gasteiger partial charge on any atom is 0.211 e. The van der Waals surface area contributed by atoms with E-state index in [1.165, 1.54) is 0 Å². The molecule has 6 nitrogen and oxygen atoms in total. The predicted molar refractivity (Wildman–Crippen MR) is 119 cm³/mol. The minimum absolute atomic E-state index is 0.0663. The van der Waals surface area contributed by atoms with Crippen LogP contribution in [-0.2, 0) is 16.6 Å². The molecule has 4 rings (SSSR count). The lowest BCUT2D eigenvalue weighted by atomic mass is 10.0. The topological polar surface area (TPSA) is 87.7 Å². The van der Waals surface area contributed by atoms with E-state index in [0.717, 1.165) is 39.5 Å². The SMILES string of the molecule is CCS(=O)(=O)NCc1ccc(-c2[nH]c(-c3ccccc3)nc2-c2ccncc2)cc1. The number of benzene rings is 2. The van der Waals surface area contributed by atoms with Crippen molar-refractivity contribution in [3.05, 3.63) is 84.7 Å². The highest BCUT2D eigenvalue weighted by Crippen LogP contribution is 2.32. The number of sulfonamides is 1. The van der Waals surface area contributed by atoms with Crippen molar-refractivity contribution in [2.75, 3.05) is 5.75 Å². The van der Waals surface area contributed by atoms with Gasteiger partial charge >= 0.3 is 0 Å². The van der Waals surface area contributed by atoms with Gasteiger partial charge in [0.1, 0.15) is 5.82 Å². The quantitative estimate of drug-likeness (QED) is 0.470. The number of nitrogens with zero attached hydrogens (tertiary/aromatic N) is 2. The van der Waals surface area contributed by atoms with E-state index in [1.807, 2.05) is 66.7 Å². The second kappa shape index (κ2) is 8.61. The molecule has 0 fully saturated rings. The first-order valence-electron chi connectivity index (χ1n) is 9.68. The molecule has 0 atom stereocenters. The van der Waals surface area contributed by atoms with Crippen LogP contribution < -0.4 is 4.72 Å². The monoisotopic (exact) mass is 418 g/mol. The summed E-state index contributed by atoms with van der Waals surface area (Å²) in [6, 6.07) is 21.6. The molecule has 0 saturated carbocycles. The minimum atomic E-state index is -3.22. The molecule has 4 aromatic rings. The second-order valence-electron chi connectivity index (χ2n) is 6.83. The number of nitrogens with one attached hydrogen (secondary N) is 2. The fourth-order valence-electron chi connectivity index (χ4n) is 3.12. The summed E-state index contributed by atoms with van der Waals surface area (Å²) in [5.41, 5.74) is 5.59. The maximum absolute atomic E-state index is 11.7.